The average Bonchev–Trinajstić information content (AvgIpc) is 2.63. The van der Waals surface area contributed by atoms with Gasteiger partial charge in [0.2, 0.25) is 0 Å². The van der Waals surface area contributed by atoms with Gasteiger partial charge in [0.1, 0.15) is 5.92 Å². The Hall–Kier alpha value is -0.670. The van der Waals surface area contributed by atoms with Gasteiger partial charge in [-0.2, -0.15) is 0 Å². The summed E-state index contributed by atoms with van der Waals surface area (Å²) in [6, 6.07) is 0. The van der Waals surface area contributed by atoms with E-state index in [4.69, 9.17) is 5.11 Å². The second kappa shape index (κ2) is 1.73. The van der Waals surface area contributed by atoms with Gasteiger partial charge in [-0.3, -0.25) is 4.79 Å². The van der Waals surface area contributed by atoms with E-state index >= 15 is 0 Å². The Kier molecular flexibility index (Phi) is 1.10. The molecule has 2 aliphatic carbocycles. The van der Waals surface area contributed by atoms with Crippen molar-refractivity contribution in [2.45, 2.75) is 18.8 Å². The molecule has 11 heavy (non-hydrogen) atoms. The molecule has 0 heterocycles. The Morgan fingerprint density at radius 2 is 2.00 bits per heavy atom. The minimum absolute atomic E-state index is 0.00824. The van der Waals surface area contributed by atoms with E-state index in [1.807, 2.05) is 0 Å². The van der Waals surface area contributed by atoms with Crippen LogP contribution in [0.15, 0.2) is 0 Å². The van der Waals surface area contributed by atoms with Crippen LogP contribution < -0.4 is 0 Å². The first-order valence-corrected chi connectivity index (χ1v) is 3.65. The summed E-state index contributed by atoms with van der Waals surface area (Å²) < 4.78 is 25.2. The molecule has 0 aromatic carbocycles. The average molecular weight is 162 g/mol. The molecule has 0 saturated heterocycles. The first-order chi connectivity index (χ1) is 5.05. The van der Waals surface area contributed by atoms with Crippen LogP contribution in [0, 0.1) is 17.8 Å². The third-order valence-electron chi connectivity index (χ3n) is 2.51. The van der Waals surface area contributed by atoms with Crippen LogP contribution >= 0.6 is 0 Å². The third-order valence-corrected chi connectivity index (χ3v) is 2.51. The summed E-state index contributed by atoms with van der Waals surface area (Å²) in [5.74, 6) is -6.49. The molecule has 2 saturated carbocycles. The van der Waals surface area contributed by atoms with Gasteiger partial charge in [-0.05, 0) is 18.8 Å². The van der Waals surface area contributed by atoms with E-state index in [-0.39, 0.29) is 5.92 Å². The molecule has 62 valence electrons. The first-order valence-electron chi connectivity index (χ1n) is 3.65. The van der Waals surface area contributed by atoms with Crippen LogP contribution in [-0.4, -0.2) is 17.0 Å². The summed E-state index contributed by atoms with van der Waals surface area (Å²) in [7, 11) is 0. The van der Waals surface area contributed by atoms with Crippen LogP contribution in [0.4, 0.5) is 8.78 Å². The van der Waals surface area contributed by atoms with Crippen molar-refractivity contribution in [3.05, 3.63) is 0 Å². The Bertz CT molecular complexity index is 210. The lowest BCUT2D eigenvalue weighted by Gasteiger charge is -1.88. The van der Waals surface area contributed by atoms with E-state index < -0.39 is 23.7 Å². The highest BCUT2D eigenvalue weighted by atomic mass is 19.3. The summed E-state index contributed by atoms with van der Waals surface area (Å²) in [6.07, 6.45) is 1.56. The molecular formula is C7H8F2O2. The molecule has 0 spiro atoms. The fraction of sp³-hybridized carbons (Fsp3) is 0.857. The van der Waals surface area contributed by atoms with Crippen molar-refractivity contribution in [3.63, 3.8) is 0 Å². The fourth-order valence-electron chi connectivity index (χ4n) is 1.71. The first kappa shape index (κ1) is 7.00. The highest BCUT2D eigenvalue weighted by Crippen LogP contribution is 2.64. The lowest BCUT2D eigenvalue weighted by Crippen LogP contribution is -2.04. The van der Waals surface area contributed by atoms with Crippen LogP contribution in [0.5, 0.6) is 0 Å². The number of rotatable bonds is 2. The topological polar surface area (TPSA) is 37.3 Å². The predicted molar refractivity (Wildman–Crippen MR) is 32.3 cm³/mol. The van der Waals surface area contributed by atoms with E-state index in [1.54, 1.807) is 0 Å². The molecule has 2 nitrogen and oxygen atoms in total. The number of carbonyl (C=O) groups is 1. The number of aliphatic carboxylic acids is 1. The van der Waals surface area contributed by atoms with Gasteiger partial charge in [0.05, 0.1) is 0 Å². The molecule has 0 radical (unpaired) electrons. The maximum absolute atomic E-state index is 12.6. The van der Waals surface area contributed by atoms with Crippen LogP contribution in [0.2, 0.25) is 0 Å². The molecule has 4 heteroatoms. The van der Waals surface area contributed by atoms with Gasteiger partial charge in [-0.25, -0.2) is 8.78 Å². The van der Waals surface area contributed by atoms with Crippen LogP contribution in [0.1, 0.15) is 12.8 Å². The standard InChI is InChI=1S/C7H8F2O2/c8-7(9)4(3-1-2-3)5(7)6(10)11/h3-5H,1-2H2,(H,10,11)/t4-,5+/m1/s1. The van der Waals surface area contributed by atoms with Crippen molar-refractivity contribution < 1.29 is 18.7 Å². The molecule has 0 aromatic heterocycles. The zero-order chi connectivity index (χ0) is 8.22. The molecule has 0 aromatic rings. The highest BCUT2D eigenvalue weighted by Gasteiger charge is 2.75. The molecule has 1 N–H and O–H groups in total. The predicted octanol–water partition coefficient (Wildman–Crippen LogP) is 1.36. The van der Waals surface area contributed by atoms with Crippen LogP contribution in [0.25, 0.3) is 0 Å². The van der Waals surface area contributed by atoms with Gasteiger partial charge in [0.25, 0.3) is 5.92 Å². The van der Waals surface area contributed by atoms with Gasteiger partial charge < -0.3 is 5.11 Å². The van der Waals surface area contributed by atoms with Crippen molar-refractivity contribution in [1.82, 2.24) is 0 Å². The number of alkyl halides is 2. The minimum Gasteiger partial charge on any atom is -0.481 e. The Balaban J connectivity index is 2.08. The summed E-state index contributed by atoms with van der Waals surface area (Å²) in [4.78, 5) is 10.2. The number of hydrogen-bond acceptors (Lipinski definition) is 1. The van der Waals surface area contributed by atoms with Crippen molar-refractivity contribution in [1.29, 1.82) is 0 Å². The Labute approximate surface area is 62.2 Å². The van der Waals surface area contributed by atoms with E-state index in [2.05, 4.69) is 0 Å². The lowest BCUT2D eigenvalue weighted by atomic mass is 10.2. The largest absolute Gasteiger partial charge is 0.481 e. The maximum atomic E-state index is 12.6. The van der Waals surface area contributed by atoms with Gasteiger partial charge in [0, 0.05) is 5.92 Å². The van der Waals surface area contributed by atoms with Crippen molar-refractivity contribution >= 4 is 5.97 Å². The summed E-state index contributed by atoms with van der Waals surface area (Å²) in [6.45, 7) is 0. The summed E-state index contributed by atoms with van der Waals surface area (Å²) in [5, 5.41) is 8.36. The van der Waals surface area contributed by atoms with Crippen LogP contribution in [-0.2, 0) is 4.79 Å². The molecular weight excluding hydrogens is 154 g/mol. The smallest absolute Gasteiger partial charge is 0.313 e. The van der Waals surface area contributed by atoms with Crippen molar-refractivity contribution in [2.75, 3.05) is 0 Å². The van der Waals surface area contributed by atoms with Gasteiger partial charge in [0.15, 0.2) is 0 Å². The summed E-state index contributed by atoms with van der Waals surface area (Å²) in [5.41, 5.74) is 0. The van der Waals surface area contributed by atoms with Crippen molar-refractivity contribution in [2.24, 2.45) is 17.8 Å². The number of carboxylic acids is 1. The summed E-state index contributed by atoms with van der Waals surface area (Å²) >= 11 is 0. The van der Waals surface area contributed by atoms with E-state index in [0.29, 0.717) is 0 Å². The minimum atomic E-state index is -2.91. The monoisotopic (exact) mass is 162 g/mol. The number of halogens is 2. The maximum Gasteiger partial charge on any atom is 0.313 e. The van der Waals surface area contributed by atoms with E-state index in [9.17, 15) is 13.6 Å². The number of carboxylic acid groups (broad SMARTS) is 1. The third kappa shape index (κ3) is 0.847. The molecule has 0 aliphatic heterocycles. The van der Waals surface area contributed by atoms with Crippen LogP contribution in [0.3, 0.4) is 0 Å². The molecule has 2 atom stereocenters. The Morgan fingerprint density at radius 1 is 1.45 bits per heavy atom. The highest BCUT2D eigenvalue weighted by molar-refractivity contribution is 5.76. The van der Waals surface area contributed by atoms with Crippen molar-refractivity contribution in [3.8, 4) is 0 Å². The zero-order valence-corrected chi connectivity index (χ0v) is 5.76. The zero-order valence-electron chi connectivity index (χ0n) is 5.76. The van der Waals surface area contributed by atoms with Gasteiger partial charge in [-0.1, -0.05) is 0 Å². The molecule has 2 fully saturated rings. The Morgan fingerprint density at radius 3 is 2.27 bits per heavy atom. The van der Waals surface area contributed by atoms with Gasteiger partial charge in [-0.15, -0.1) is 0 Å². The molecule has 0 unspecified atom stereocenters. The number of hydrogen-bond donors (Lipinski definition) is 1. The lowest BCUT2D eigenvalue weighted by molar-refractivity contribution is -0.140. The molecule has 2 aliphatic rings. The molecule has 0 bridgehead atoms. The van der Waals surface area contributed by atoms with E-state index in [1.165, 1.54) is 0 Å². The fourth-order valence-corrected chi connectivity index (χ4v) is 1.71. The van der Waals surface area contributed by atoms with Gasteiger partial charge >= 0.3 is 5.97 Å². The quantitative estimate of drug-likeness (QED) is 0.665. The second-order valence-electron chi connectivity index (χ2n) is 3.35. The molecule has 0 amide bonds. The normalized spacial score (nSPS) is 40.2. The van der Waals surface area contributed by atoms with E-state index in [0.717, 1.165) is 12.8 Å². The second-order valence-corrected chi connectivity index (χ2v) is 3.35. The SMILES string of the molecule is O=C(O)[C@@H]1[C@@H](C2CC2)C1(F)F. The molecule has 2 rings (SSSR count).